The lowest BCUT2D eigenvalue weighted by molar-refractivity contribution is -0.141. The monoisotopic (exact) mass is 277 g/mol. The van der Waals surface area contributed by atoms with Crippen LogP contribution in [0.3, 0.4) is 0 Å². The summed E-state index contributed by atoms with van der Waals surface area (Å²) in [7, 11) is 0. The third kappa shape index (κ3) is 3.36. The molecule has 0 saturated carbocycles. The van der Waals surface area contributed by atoms with Crippen LogP contribution in [-0.4, -0.2) is 34.1 Å². The van der Waals surface area contributed by atoms with Crippen molar-refractivity contribution in [2.75, 3.05) is 6.61 Å². The minimum Gasteiger partial charge on any atom is -0.478 e. The summed E-state index contributed by atoms with van der Waals surface area (Å²) in [6.45, 7) is 6.71. The van der Waals surface area contributed by atoms with Gasteiger partial charge in [0, 0.05) is 13.1 Å². The Morgan fingerprint density at radius 3 is 2.50 bits per heavy atom. The quantitative estimate of drug-likeness (QED) is 0.918. The van der Waals surface area contributed by atoms with Crippen LogP contribution in [0.15, 0.2) is 18.2 Å². The van der Waals surface area contributed by atoms with E-state index in [1.54, 1.807) is 23.1 Å². The molecule has 1 amide bonds. The summed E-state index contributed by atoms with van der Waals surface area (Å²) in [5.41, 5.74) is 1.80. The van der Waals surface area contributed by atoms with E-state index in [0.717, 1.165) is 11.1 Å². The topological polar surface area (TPSA) is 66.8 Å². The molecule has 0 aromatic heterocycles. The molecule has 5 heteroatoms. The van der Waals surface area contributed by atoms with Crippen molar-refractivity contribution in [1.29, 1.82) is 0 Å². The van der Waals surface area contributed by atoms with E-state index in [1.165, 1.54) is 0 Å². The van der Waals surface area contributed by atoms with Crippen molar-refractivity contribution in [3.05, 3.63) is 34.9 Å². The number of ether oxygens (including phenoxy) is 1. The van der Waals surface area contributed by atoms with Gasteiger partial charge in [0.15, 0.2) is 0 Å². The third-order valence-corrected chi connectivity index (χ3v) is 3.16. The van der Waals surface area contributed by atoms with Crippen LogP contribution in [0.4, 0.5) is 0 Å². The van der Waals surface area contributed by atoms with Gasteiger partial charge in [0.05, 0.1) is 11.2 Å². The zero-order valence-corrected chi connectivity index (χ0v) is 12.0. The van der Waals surface area contributed by atoms with Crippen LogP contribution in [0.25, 0.3) is 0 Å². The average molecular weight is 277 g/mol. The van der Waals surface area contributed by atoms with Crippen molar-refractivity contribution in [2.45, 2.75) is 39.5 Å². The second kappa shape index (κ2) is 5.25. The molecule has 0 saturated heterocycles. The summed E-state index contributed by atoms with van der Waals surface area (Å²) < 4.78 is 5.48. The maximum Gasteiger partial charge on any atom is 0.335 e. The van der Waals surface area contributed by atoms with Crippen molar-refractivity contribution < 1.29 is 19.4 Å². The lowest BCUT2D eigenvalue weighted by Crippen LogP contribution is -2.33. The highest BCUT2D eigenvalue weighted by molar-refractivity contribution is 5.88. The highest BCUT2D eigenvalue weighted by Gasteiger charge is 2.25. The van der Waals surface area contributed by atoms with Gasteiger partial charge >= 0.3 is 5.97 Å². The minimum atomic E-state index is -0.950. The zero-order chi connectivity index (χ0) is 14.9. The van der Waals surface area contributed by atoms with Gasteiger partial charge in [-0.1, -0.05) is 6.07 Å². The van der Waals surface area contributed by atoms with Gasteiger partial charge in [-0.15, -0.1) is 0 Å². The molecular weight excluding hydrogens is 258 g/mol. The Balaban J connectivity index is 2.02. The van der Waals surface area contributed by atoms with E-state index in [1.807, 2.05) is 20.8 Å². The lowest BCUT2D eigenvalue weighted by atomic mass is 10.1. The Kier molecular flexibility index (Phi) is 3.81. The fraction of sp³-hybridized carbons (Fsp3) is 0.467. The van der Waals surface area contributed by atoms with Crippen LogP contribution in [0, 0.1) is 0 Å². The molecule has 0 fully saturated rings. The summed E-state index contributed by atoms with van der Waals surface area (Å²) in [6, 6.07) is 4.98. The Bertz CT molecular complexity index is 545. The normalized spacial score (nSPS) is 14.2. The number of rotatable bonds is 3. The highest BCUT2D eigenvalue weighted by atomic mass is 16.5. The molecule has 0 atom stereocenters. The molecule has 0 spiro atoms. The molecule has 1 heterocycles. The largest absolute Gasteiger partial charge is 0.478 e. The number of aromatic carboxylic acids is 1. The molecule has 108 valence electrons. The first-order valence-electron chi connectivity index (χ1n) is 6.53. The second-order valence-corrected chi connectivity index (χ2v) is 5.94. The number of amides is 1. The fourth-order valence-corrected chi connectivity index (χ4v) is 2.07. The molecule has 1 aromatic rings. The van der Waals surface area contributed by atoms with Crippen LogP contribution in [0.1, 0.15) is 42.3 Å². The molecule has 0 radical (unpaired) electrons. The number of benzene rings is 1. The summed E-state index contributed by atoms with van der Waals surface area (Å²) in [4.78, 5) is 24.7. The molecule has 0 aliphatic carbocycles. The van der Waals surface area contributed by atoms with Gasteiger partial charge in [-0.05, 0) is 44.0 Å². The minimum absolute atomic E-state index is 0.0449. The second-order valence-electron chi connectivity index (χ2n) is 5.94. The van der Waals surface area contributed by atoms with Crippen molar-refractivity contribution >= 4 is 11.9 Å². The number of hydrogen-bond acceptors (Lipinski definition) is 3. The van der Waals surface area contributed by atoms with Gasteiger partial charge in [-0.3, -0.25) is 4.79 Å². The third-order valence-electron chi connectivity index (χ3n) is 3.16. The molecule has 1 aromatic carbocycles. The van der Waals surface area contributed by atoms with Crippen LogP contribution in [0.5, 0.6) is 0 Å². The van der Waals surface area contributed by atoms with Crippen molar-refractivity contribution in [3.8, 4) is 0 Å². The number of fused-ring (bicyclic) bond motifs is 1. The van der Waals surface area contributed by atoms with E-state index in [-0.39, 0.29) is 23.7 Å². The van der Waals surface area contributed by atoms with Gasteiger partial charge in [-0.2, -0.15) is 0 Å². The molecule has 20 heavy (non-hydrogen) atoms. The maximum absolute atomic E-state index is 12.1. The molecular formula is C15H19NO4. The highest BCUT2D eigenvalue weighted by Crippen LogP contribution is 2.24. The van der Waals surface area contributed by atoms with Gasteiger partial charge in [-0.25, -0.2) is 4.79 Å². The number of carboxylic acid groups (broad SMARTS) is 1. The molecule has 5 nitrogen and oxygen atoms in total. The molecule has 1 N–H and O–H groups in total. The van der Waals surface area contributed by atoms with E-state index in [2.05, 4.69) is 0 Å². The van der Waals surface area contributed by atoms with E-state index >= 15 is 0 Å². The van der Waals surface area contributed by atoms with Crippen LogP contribution >= 0.6 is 0 Å². The number of carbonyl (C=O) groups excluding carboxylic acids is 1. The number of carbonyl (C=O) groups is 2. The summed E-state index contributed by atoms with van der Waals surface area (Å²) in [5, 5.41) is 8.96. The lowest BCUT2D eigenvalue weighted by Gasteiger charge is -2.22. The SMILES string of the molecule is CC(C)(C)OCC(=O)N1Cc2ccc(C(=O)O)cc2C1. The van der Waals surface area contributed by atoms with Crippen LogP contribution in [-0.2, 0) is 22.6 Å². The summed E-state index contributed by atoms with van der Waals surface area (Å²) in [6.07, 6.45) is 0. The molecule has 1 aliphatic rings. The van der Waals surface area contributed by atoms with E-state index < -0.39 is 5.97 Å². The van der Waals surface area contributed by atoms with Crippen molar-refractivity contribution in [2.24, 2.45) is 0 Å². The van der Waals surface area contributed by atoms with Crippen molar-refractivity contribution in [3.63, 3.8) is 0 Å². The molecule has 2 rings (SSSR count). The van der Waals surface area contributed by atoms with Gasteiger partial charge in [0.2, 0.25) is 5.91 Å². The van der Waals surface area contributed by atoms with Crippen molar-refractivity contribution in [1.82, 2.24) is 4.90 Å². The smallest absolute Gasteiger partial charge is 0.335 e. The Hall–Kier alpha value is -1.88. The fourth-order valence-electron chi connectivity index (χ4n) is 2.07. The summed E-state index contributed by atoms with van der Waals surface area (Å²) >= 11 is 0. The van der Waals surface area contributed by atoms with Gasteiger partial charge < -0.3 is 14.7 Å². The Morgan fingerprint density at radius 2 is 1.90 bits per heavy atom. The molecule has 0 unspecified atom stereocenters. The Morgan fingerprint density at radius 1 is 1.25 bits per heavy atom. The summed E-state index contributed by atoms with van der Waals surface area (Å²) in [5.74, 6) is -1.03. The van der Waals surface area contributed by atoms with E-state index in [0.29, 0.717) is 13.1 Å². The number of hydrogen-bond donors (Lipinski definition) is 1. The predicted octanol–water partition coefficient (Wildman–Crippen LogP) is 2.04. The molecule has 0 bridgehead atoms. The first-order chi connectivity index (χ1) is 9.26. The number of carboxylic acids is 1. The Labute approximate surface area is 118 Å². The average Bonchev–Trinajstić information content (AvgIpc) is 2.77. The van der Waals surface area contributed by atoms with Crippen LogP contribution in [0.2, 0.25) is 0 Å². The van der Waals surface area contributed by atoms with Gasteiger partial charge in [0.1, 0.15) is 6.61 Å². The maximum atomic E-state index is 12.1. The molecule has 1 aliphatic heterocycles. The standard InChI is InChI=1S/C15H19NO4/c1-15(2,3)20-9-13(17)16-7-11-5-4-10(14(18)19)6-12(11)8-16/h4-6H,7-9H2,1-3H3,(H,18,19). The number of nitrogens with zero attached hydrogens (tertiary/aromatic N) is 1. The van der Waals surface area contributed by atoms with Gasteiger partial charge in [0.25, 0.3) is 0 Å². The first-order valence-corrected chi connectivity index (χ1v) is 6.53. The van der Waals surface area contributed by atoms with E-state index in [9.17, 15) is 9.59 Å². The van der Waals surface area contributed by atoms with E-state index in [4.69, 9.17) is 9.84 Å². The zero-order valence-electron chi connectivity index (χ0n) is 12.0. The predicted molar refractivity (Wildman–Crippen MR) is 73.4 cm³/mol. The van der Waals surface area contributed by atoms with Crippen LogP contribution < -0.4 is 0 Å². The first kappa shape index (κ1) is 14.5.